The number of hydrogen-bond donors (Lipinski definition) is 0. The highest BCUT2D eigenvalue weighted by molar-refractivity contribution is 5.78. The quantitative estimate of drug-likeness (QED) is 0.825. The molecule has 3 heterocycles. The fourth-order valence-electron chi connectivity index (χ4n) is 3.07. The van der Waals surface area contributed by atoms with Crippen LogP contribution in [0, 0.1) is 0 Å². The van der Waals surface area contributed by atoms with E-state index >= 15 is 0 Å². The summed E-state index contributed by atoms with van der Waals surface area (Å²) in [5, 5.41) is 1.52. The summed E-state index contributed by atoms with van der Waals surface area (Å²) < 4.78 is 2.05. The van der Waals surface area contributed by atoms with Crippen LogP contribution in [0.3, 0.4) is 0 Å². The number of amides is 1. The molecule has 110 valence electrons. The number of carbonyl (C=O) groups is 1. The van der Waals surface area contributed by atoms with Gasteiger partial charge in [-0.15, -0.1) is 0 Å². The second kappa shape index (κ2) is 5.18. The summed E-state index contributed by atoms with van der Waals surface area (Å²) in [5.74, 6) is 0.132. The third-order valence-electron chi connectivity index (χ3n) is 4.41. The van der Waals surface area contributed by atoms with Crippen LogP contribution in [0.25, 0.3) is 0 Å². The van der Waals surface area contributed by atoms with Gasteiger partial charge in [-0.25, -0.2) is 10.0 Å². The Morgan fingerprint density at radius 1 is 1.40 bits per heavy atom. The van der Waals surface area contributed by atoms with Gasteiger partial charge in [0.05, 0.1) is 18.4 Å². The molecule has 0 atom stereocenters. The molecule has 2 saturated heterocycles. The van der Waals surface area contributed by atoms with Crippen LogP contribution < -0.4 is 0 Å². The minimum Gasteiger partial charge on any atom is -0.337 e. The van der Waals surface area contributed by atoms with Crippen molar-refractivity contribution in [2.75, 3.05) is 19.6 Å². The van der Waals surface area contributed by atoms with Crippen molar-refractivity contribution in [1.29, 1.82) is 0 Å². The van der Waals surface area contributed by atoms with Crippen molar-refractivity contribution in [3.63, 3.8) is 0 Å². The first-order valence-corrected chi connectivity index (χ1v) is 7.29. The topological polar surface area (TPSA) is 50.6 Å². The molecule has 2 aliphatic heterocycles. The van der Waals surface area contributed by atoms with Gasteiger partial charge in [0, 0.05) is 39.4 Å². The van der Waals surface area contributed by atoms with Crippen LogP contribution in [0.2, 0.25) is 0 Å². The van der Waals surface area contributed by atoms with Crippen LogP contribution in [0.5, 0.6) is 0 Å². The van der Waals surface area contributed by atoms with E-state index < -0.39 is 0 Å². The van der Waals surface area contributed by atoms with E-state index in [4.69, 9.17) is 4.84 Å². The van der Waals surface area contributed by atoms with Gasteiger partial charge < -0.3 is 4.57 Å². The van der Waals surface area contributed by atoms with Gasteiger partial charge in [-0.05, 0) is 19.8 Å². The fourth-order valence-corrected chi connectivity index (χ4v) is 3.07. The van der Waals surface area contributed by atoms with Gasteiger partial charge in [0.2, 0.25) is 5.91 Å². The number of aryl methyl sites for hydroxylation is 1. The molecule has 6 nitrogen and oxygen atoms in total. The first-order valence-electron chi connectivity index (χ1n) is 7.29. The molecule has 1 aromatic rings. The van der Waals surface area contributed by atoms with Crippen molar-refractivity contribution in [3.8, 4) is 0 Å². The smallest absolute Gasteiger partial charge is 0.249 e. The highest BCUT2D eigenvalue weighted by Crippen LogP contribution is 2.36. The standard InChI is InChI=1S/C14H22N4O2/c1-3-18-13(19)8-14(20-18)4-6-17(7-5-14)10-12-9-15-11-16(12)2/h9,11H,3-8,10H2,1-2H3. The molecule has 6 heteroatoms. The van der Waals surface area contributed by atoms with E-state index in [0.717, 1.165) is 32.5 Å². The lowest BCUT2D eigenvalue weighted by atomic mass is 9.88. The van der Waals surface area contributed by atoms with Crippen molar-refractivity contribution in [2.45, 2.75) is 38.3 Å². The second-order valence-electron chi connectivity index (χ2n) is 5.81. The van der Waals surface area contributed by atoms with Gasteiger partial charge in [0.1, 0.15) is 5.60 Å². The van der Waals surface area contributed by atoms with Crippen molar-refractivity contribution >= 4 is 5.91 Å². The molecular weight excluding hydrogens is 256 g/mol. The third kappa shape index (κ3) is 2.45. The number of carbonyl (C=O) groups excluding carboxylic acids is 1. The van der Waals surface area contributed by atoms with Crippen molar-refractivity contribution in [1.82, 2.24) is 19.5 Å². The summed E-state index contributed by atoms with van der Waals surface area (Å²) in [6, 6.07) is 0. The van der Waals surface area contributed by atoms with Gasteiger partial charge in [-0.2, -0.15) is 0 Å². The maximum absolute atomic E-state index is 11.8. The Kier molecular flexibility index (Phi) is 3.52. The lowest BCUT2D eigenvalue weighted by molar-refractivity contribution is -0.208. The van der Waals surface area contributed by atoms with E-state index in [1.807, 2.05) is 26.5 Å². The minimum absolute atomic E-state index is 0.132. The molecule has 0 radical (unpaired) electrons. The Balaban J connectivity index is 1.57. The van der Waals surface area contributed by atoms with Crippen LogP contribution in [-0.2, 0) is 23.2 Å². The molecule has 0 aliphatic carbocycles. The Morgan fingerprint density at radius 2 is 2.15 bits per heavy atom. The molecule has 20 heavy (non-hydrogen) atoms. The van der Waals surface area contributed by atoms with Crippen molar-refractivity contribution in [2.24, 2.45) is 7.05 Å². The molecule has 0 aromatic carbocycles. The summed E-state index contributed by atoms with van der Waals surface area (Å²) in [6.07, 6.45) is 6.14. The normalized spacial score (nSPS) is 22.9. The van der Waals surface area contributed by atoms with Crippen LogP contribution >= 0.6 is 0 Å². The van der Waals surface area contributed by atoms with Gasteiger partial charge in [0.25, 0.3) is 0 Å². The number of hydroxylamine groups is 2. The zero-order chi connectivity index (χ0) is 14.2. The maximum Gasteiger partial charge on any atom is 0.249 e. The molecule has 0 bridgehead atoms. The van der Waals surface area contributed by atoms with E-state index in [0.29, 0.717) is 13.0 Å². The van der Waals surface area contributed by atoms with E-state index in [-0.39, 0.29) is 11.5 Å². The lowest BCUT2D eigenvalue weighted by Gasteiger charge is -2.37. The monoisotopic (exact) mass is 278 g/mol. The number of aromatic nitrogens is 2. The Bertz CT molecular complexity index is 491. The van der Waals surface area contributed by atoms with Crippen molar-refractivity contribution < 1.29 is 9.63 Å². The van der Waals surface area contributed by atoms with E-state index in [2.05, 4.69) is 14.5 Å². The first-order chi connectivity index (χ1) is 9.62. The number of rotatable bonds is 3. The summed E-state index contributed by atoms with van der Waals surface area (Å²) in [7, 11) is 2.02. The zero-order valence-corrected chi connectivity index (χ0v) is 12.2. The highest BCUT2D eigenvalue weighted by Gasteiger charge is 2.46. The molecule has 2 fully saturated rings. The maximum atomic E-state index is 11.8. The number of nitrogens with zero attached hydrogens (tertiary/aromatic N) is 4. The Hall–Kier alpha value is -1.40. The molecular formula is C14H22N4O2. The molecule has 3 rings (SSSR count). The summed E-state index contributed by atoms with van der Waals surface area (Å²) in [4.78, 5) is 24.3. The third-order valence-corrected chi connectivity index (χ3v) is 4.41. The summed E-state index contributed by atoms with van der Waals surface area (Å²) in [5.41, 5.74) is 0.982. The zero-order valence-electron chi connectivity index (χ0n) is 12.2. The van der Waals surface area contributed by atoms with E-state index in [1.54, 1.807) is 0 Å². The molecule has 0 unspecified atom stereocenters. The molecule has 1 spiro atoms. The molecule has 0 saturated carbocycles. The summed E-state index contributed by atoms with van der Waals surface area (Å²) >= 11 is 0. The number of piperidine rings is 1. The number of likely N-dealkylation sites (tertiary alicyclic amines) is 1. The number of imidazole rings is 1. The summed E-state index contributed by atoms with van der Waals surface area (Å²) in [6.45, 7) is 5.44. The predicted molar refractivity (Wildman–Crippen MR) is 73.5 cm³/mol. The first kappa shape index (κ1) is 13.6. The van der Waals surface area contributed by atoms with E-state index in [9.17, 15) is 4.79 Å². The fraction of sp³-hybridized carbons (Fsp3) is 0.714. The Labute approximate surface area is 119 Å². The van der Waals surface area contributed by atoms with Gasteiger partial charge in [-0.3, -0.25) is 14.5 Å². The van der Waals surface area contributed by atoms with E-state index in [1.165, 1.54) is 10.8 Å². The predicted octanol–water partition coefficient (Wildman–Crippen LogP) is 0.938. The molecule has 2 aliphatic rings. The Morgan fingerprint density at radius 3 is 2.70 bits per heavy atom. The minimum atomic E-state index is -0.240. The average Bonchev–Trinajstić information content (AvgIpc) is 2.97. The van der Waals surface area contributed by atoms with Crippen LogP contribution in [-0.4, -0.2) is 50.7 Å². The average molecular weight is 278 g/mol. The van der Waals surface area contributed by atoms with Gasteiger partial charge >= 0.3 is 0 Å². The SMILES string of the molecule is CCN1OC2(CCN(Cc3cncn3C)CC2)CC1=O. The van der Waals surface area contributed by atoms with Crippen LogP contribution in [0.15, 0.2) is 12.5 Å². The highest BCUT2D eigenvalue weighted by atomic mass is 16.7. The molecule has 1 amide bonds. The number of hydrogen-bond acceptors (Lipinski definition) is 4. The lowest BCUT2D eigenvalue weighted by Crippen LogP contribution is -2.44. The van der Waals surface area contributed by atoms with Gasteiger partial charge in [-0.1, -0.05) is 0 Å². The largest absolute Gasteiger partial charge is 0.337 e. The van der Waals surface area contributed by atoms with Crippen LogP contribution in [0.4, 0.5) is 0 Å². The van der Waals surface area contributed by atoms with Crippen molar-refractivity contribution in [3.05, 3.63) is 18.2 Å². The van der Waals surface area contributed by atoms with Gasteiger partial charge in [0.15, 0.2) is 0 Å². The molecule has 0 N–H and O–H groups in total. The second-order valence-corrected chi connectivity index (χ2v) is 5.81. The van der Waals surface area contributed by atoms with Crippen LogP contribution in [0.1, 0.15) is 31.9 Å². The molecule has 1 aromatic heterocycles.